The lowest BCUT2D eigenvalue weighted by atomic mass is 10.1. The van der Waals surface area contributed by atoms with Crippen LogP contribution >= 0.6 is 0 Å². The molecule has 0 unspecified atom stereocenters. The Hall–Kier alpha value is -2.96. The van der Waals surface area contributed by atoms with Gasteiger partial charge in [0.2, 0.25) is 11.2 Å². The van der Waals surface area contributed by atoms with Crippen molar-refractivity contribution in [2.45, 2.75) is 13.5 Å². The highest BCUT2D eigenvalue weighted by molar-refractivity contribution is 6.36. The van der Waals surface area contributed by atoms with Crippen LogP contribution in [0.15, 0.2) is 29.2 Å². The molecule has 2 aromatic rings. The van der Waals surface area contributed by atoms with Crippen LogP contribution in [-0.2, 0) is 16.1 Å². The monoisotopic (exact) mass is 303 g/mol. The number of carboxylic acids is 1. The van der Waals surface area contributed by atoms with Gasteiger partial charge in [-0.25, -0.2) is 4.79 Å². The fourth-order valence-corrected chi connectivity index (χ4v) is 2.05. The van der Waals surface area contributed by atoms with Crippen molar-refractivity contribution in [1.82, 2.24) is 4.57 Å². The van der Waals surface area contributed by atoms with Gasteiger partial charge in [0, 0.05) is 13.1 Å². The Kier molecular flexibility index (Phi) is 4.07. The van der Waals surface area contributed by atoms with Crippen molar-refractivity contribution in [3.63, 3.8) is 0 Å². The van der Waals surface area contributed by atoms with E-state index in [4.69, 9.17) is 9.84 Å². The molecule has 1 N–H and O–H groups in total. The summed E-state index contributed by atoms with van der Waals surface area (Å²) in [5.74, 6) is -2.34. The fourth-order valence-electron chi connectivity index (χ4n) is 2.05. The second kappa shape index (κ2) is 5.80. The summed E-state index contributed by atoms with van der Waals surface area (Å²) in [6, 6.07) is 4.52. The number of hydrogen-bond donors (Lipinski definition) is 1. The SMILES string of the molecule is COc1ccc2c(c1)c(=O)c(C(=O)O)cn2CC(=O)C(C)=O. The van der Waals surface area contributed by atoms with E-state index in [1.54, 1.807) is 6.07 Å². The Morgan fingerprint density at radius 2 is 1.95 bits per heavy atom. The number of Topliss-reactive ketones (excluding diaryl/α,β-unsaturated/α-hetero) is 2. The van der Waals surface area contributed by atoms with Crippen LogP contribution < -0.4 is 10.2 Å². The number of methoxy groups -OCH3 is 1. The summed E-state index contributed by atoms with van der Waals surface area (Å²) in [7, 11) is 1.42. The Morgan fingerprint density at radius 3 is 2.50 bits per heavy atom. The second-order valence-corrected chi connectivity index (χ2v) is 4.67. The number of carbonyl (C=O) groups is 3. The maximum atomic E-state index is 12.2. The Bertz CT molecular complexity index is 849. The van der Waals surface area contributed by atoms with E-state index in [2.05, 4.69) is 0 Å². The van der Waals surface area contributed by atoms with Gasteiger partial charge in [-0.3, -0.25) is 14.4 Å². The minimum Gasteiger partial charge on any atom is -0.497 e. The van der Waals surface area contributed by atoms with Crippen LogP contribution in [0.4, 0.5) is 0 Å². The van der Waals surface area contributed by atoms with Gasteiger partial charge in [-0.05, 0) is 18.2 Å². The summed E-state index contributed by atoms with van der Waals surface area (Å²) in [4.78, 5) is 46.1. The van der Waals surface area contributed by atoms with Crippen molar-refractivity contribution >= 4 is 28.4 Å². The molecule has 0 spiro atoms. The van der Waals surface area contributed by atoms with Gasteiger partial charge in [-0.15, -0.1) is 0 Å². The summed E-state index contributed by atoms with van der Waals surface area (Å²) in [6.07, 6.45) is 1.07. The Morgan fingerprint density at radius 1 is 1.27 bits per heavy atom. The molecule has 0 aliphatic rings. The second-order valence-electron chi connectivity index (χ2n) is 4.67. The third-order valence-electron chi connectivity index (χ3n) is 3.22. The van der Waals surface area contributed by atoms with Crippen LogP contribution in [0.5, 0.6) is 5.75 Å². The summed E-state index contributed by atoms with van der Waals surface area (Å²) in [5.41, 5.74) is -0.796. The summed E-state index contributed by atoms with van der Waals surface area (Å²) >= 11 is 0. The number of pyridine rings is 1. The van der Waals surface area contributed by atoms with Crippen LogP contribution in [0.3, 0.4) is 0 Å². The Balaban J connectivity index is 2.77. The standard InChI is InChI=1S/C15H13NO6/c1-8(17)13(18)7-16-6-11(15(20)21)14(19)10-5-9(22-2)3-4-12(10)16/h3-6H,7H2,1-2H3,(H,20,21). The molecule has 1 aromatic carbocycles. The van der Waals surface area contributed by atoms with E-state index >= 15 is 0 Å². The maximum absolute atomic E-state index is 12.2. The van der Waals surface area contributed by atoms with Crippen molar-refractivity contribution in [2.24, 2.45) is 0 Å². The van der Waals surface area contributed by atoms with Crippen molar-refractivity contribution in [3.05, 3.63) is 40.2 Å². The number of rotatable bonds is 5. The smallest absolute Gasteiger partial charge is 0.341 e. The summed E-state index contributed by atoms with van der Waals surface area (Å²) < 4.78 is 6.30. The van der Waals surface area contributed by atoms with Gasteiger partial charge in [-0.1, -0.05) is 0 Å². The van der Waals surface area contributed by atoms with Crippen molar-refractivity contribution in [3.8, 4) is 5.75 Å². The molecule has 0 bridgehead atoms. The molecule has 114 valence electrons. The lowest BCUT2D eigenvalue weighted by molar-refractivity contribution is -0.135. The number of ketones is 2. The summed E-state index contributed by atoms with van der Waals surface area (Å²) in [5, 5.41) is 9.23. The molecular formula is C15H13NO6. The van der Waals surface area contributed by atoms with Gasteiger partial charge >= 0.3 is 5.97 Å². The average Bonchev–Trinajstić information content (AvgIpc) is 2.48. The molecule has 0 aliphatic heterocycles. The number of carbonyl (C=O) groups excluding carboxylic acids is 2. The zero-order chi connectivity index (χ0) is 16.4. The van der Waals surface area contributed by atoms with Crippen molar-refractivity contribution < 1.29 is 24.2 Å². The van der Waals surface area contributed by atoms with E-state index in [1.165, 1.54) is 23.8 Å². The molecule has 2 rings (SSSR count). The number of aromatic carboxylic acids is 1. The van der Waals surface area contributed by atoms with E-state index in [-0.39, 0.29) is 11.9 Å². The van der Waals surface area contributed by atoms with E-state index in [0.717, 1.165) is 13.1 Å². The largest absolute Gasteiger partial charge is 0.497 e. The molecule has 22 heavy (non-hydrogen) atoms. The molecule has 0 saturated carbocycles. The predicted octanol–water partition coefficient (Wildman–Crippen LogP) is 0.866. The first-order valence-electron chi connectivity index (χ1n) is 6.33. The van der Waals surface area contributed by atoms with Crippen LogP contribution in [0.1, 0.15) is 17.3 Å². The first-order valence-corrected chi connectivity index (χ1v) is 6.33. The van der Waals surface area contributed by atoms with E-state index in [1.807, 2.05) is 0 Å². The quantitative estimate of drug-likeness (QED) is 0.822. The molecule has 1 heterocycles. The molecule has 0 aliphatic carbocycles. The zero-order valence-corrected chi connectivity index (χ0v) is 12.0. The minimum atomic E-state index is -1.40. The highest BCUT2D eigenvalue weighted by Crippen LogP contribution is 2.19. The first-order chi connectivity index (χ1) is 10.3. The topological polar surface area (TPSA) is 103 Å². The number of benzene rings is 1. The number of nitrogens with zero attached hydrogens (tertiary/aromatic N) is 1. The maximum Gasteiger partial charge on any atom is 0.341 e. The highest BCUT2D eigenvalue weighted by Gasteiger charge is 2.17. The van der Waals surface area contributed by atoms with Crippen LogP contribution in [0.2, 0.25) is 0 Å². The molecule has 1 aromatic heterocycles. The number of carboxylic acid groups (broad SMARTS) is 1. The first kappa shape index (κ1) is 15.4. The number of fused-ring (bicyclic) bond motifs is 1. The number of hydrogen-bond acceptors (Lipinski definition) is 5. The lowest BCUT2D eigenvalue weighted by Gasteiger charge is -2.11. The minimum absolute atomic E-state index is 0.107. The highest BCUT2D eigenvalue weighted by atomic mass is 16.5. The van der Waals surface area contributed by atoms with E-state index < -0.39 is 28.5 Å². The molecular weight excluding hydrogens is 290 g/mol. The molecule has 7 heteroatoms. The average molecular weight is 303 g/mol. The lowest BCUT2D eigenvalue weighted by Crippen LogP contribution is -2.23. The number of ether oxygens (including phenoxy) is 1. The number of aromatic nitrogens is 1. The van der Waals surface area contributed by atoms with Gasteiger partial charge in [0.1, 0.15) is 11.3 Å². The van der Waals surface area contributed by atoms with Crippen molar-refractivity contribution in [2.75, 3.05) is 7.11 Å². The fraction of sp³-hybridized carbons (Fsp3) is 0.200. The van der Waals surface area contributed by atoms with E-state index in [9.17, 15) is 19.2 Å². The normalized spacial score (nSPS) is 10.5. The molecule has 0 radical (unpaired) electrons. The van der Waals surface area contributed by atoms with Gasteiger partial charge in [0.25, 0.3) is 0 Å². The van der Waals surface area contributed by atoms with Crippen LogP contribution in [0, 0.1) is 0 Å². The van der Waals surface area contributed by atoms with Crippen LogP contribution in [-0.4, -0.2) is 34.3 Å². The molecule has 7 nitrogen and oxygen atoms in total. The molecule has 0 atom stereocenters. The molecule has 0 fully saturated rings. The van der Waals surface area contributed by atoms with Gasteiger partial charge < -0.3 is 14.4 Å². The molecule has 0 saturated heterocycles. The zero-order valence-electron chi connectivity index (χ0n) is 12.0. The van der Waals surface area contributed by atoms with Gasteiger partial charge in [0.15, 0.2) is 5.78 Å². The van der Waals surface area contributed by atoms with E-state index in [0.29, 0.717) is 11.3 Å². The van der Waals surface area contributed by atoms with Crippen LogP contribution in [0.25, 0.3) is 10.9 Å². The third kappa shape index (κ3) is 2.73. The van der Waals surface area contributed by atoms with Crippen molar-refractivity contribution in [1.29, 1.82) is 0 Å². The summed E-state index contributed by atoms with van der Waals surface area (Å²) in [6.45, 7) is 0.799. The van der Waals surface area contributed by atoms with Gasteiger partial charge in [-0.2, -0.15) is 0 Å². The molecule has 0 amide bonds. The predicted molar refractivity (Wildman–Crippen MR) is 77.4 cm³/mol. The Labute approximate surface area is 124 Å². The van der Waals surface area contributed by atoms with Gasteiger partial charge in [0.05, 0.1) is 24.6 Å². The third-order valence-corrected chi connectivity index (χ3v) is 3.22.